The molecule has 1 aromatic rings. The molecule has 1 unspecified atom stereocenters. The fourth-order valence-corrected chi connectivity index (χ4v) is 1.74. The monoisotopic (exact) mass is 333 g/mol. The molecule has 5 heteroatoms. The predicted octanol–water partition coefficient (Wildman–Crippen LogP) is 3.40. The van der Waals surface area contributed by atoms with E-state index in [1.807, 2.05) is 0 Å². The number of amides is 1. The van der Waals surface area contributed by atoms with Crippen LogP contribution >= 0.6 is 27.5 Å². The van der Waals surface area contributed by atoms with Crippen molar-refractivity contribution in [2.24, 2.45) is 0 Å². The third kappa shape index (κ3) is 6.26. The van der Waals surface area contributed by atoms with Crippen molar-refractivity contribution in [3.8, 4) is 5.75 Å². The maximum absolute atomic E-state index is 11.5. The van der Waals surface area contributed by atoms with Crippen LogP contribution in [0.3, 0.4) is 0 Å². The predicted molar refractivity (Wildman–Crippen MR) is 77.6 cm³/mol. The Morgan fingerprint density at radius 1 is 1.56 bits per heavy atom. The van der Waals surface area contributed by atoms with Crippen LogP contribution in [0.2, 0.25) is 5.02 Å². The van der Waals surface area contributed by atoms with Crippen molar-refractivity contribution >= 4 is 33.4 Å². The average Bonchev–Trinajstić information content (AvgIpc) is 2.36. The maximum Gasteiger partial charge on any atom is 0.257 e. The minimum Gasteiger partial charge on any atom is -0.484 e. The molecular formula is C13H17BrClNO2. The fraction of sp³-hybridized carbons (Fsp3) is 0.462. The van der Waals surface area contributed by atoms with Gasteiger partial charge in [-0.2, -0.15) is 0 Å². The van der Waals surface area contributed by atoms with E-state index in [0.29, 0.717) is 22.1 Å². The molecule has 0 radical (unpaired) electrons. The molecule has 18 heavy (non-hydrogen) atoms. The molecule has 0 aliphatic heterocycles. The summed E-state index contributed by atoms with van der Waals surface area (Å²) in [7, 11) is 0. The van der Waals surface area contributed by atoms with E-state index in [1.165, 1.54) is 0 Å². The summed E-state index contributed by atoms with van der Waals surface area (Å²) in [6.07, 6.45) is 1.97. The molecule has 1 aromatic carbocycles. The fourth-order valence-electron chi connectivity index (χ4n) is 1.33. The molecule has 0 aliphatic rings. The molecule has 0 saturated carbocycles. The lowest BCUT2D eigenvalue weighted by atomic mass is 10.2. The minimum absolute atomic E-state index is 0.0133. The van der Waals surface area contributed by atoms with E-state index < -0.39 is 0 Å². The number of ether oxygens (including phenoxy) is 1. The first-order chi connectivity index (χ1) is 8.61. The van der Waals surface area contributed by atoms with Gasteiger partial charge in [-0.05, 0) is 31.0 Å². The largest absolute Gasteiger partial charge is 0.484 e. The lowest BCUT2D eigenvalue weighted by Gasteiger charge is -2.09. The summed E-state index contributed by atoms with van der Waals surface area (Å²) in [4.78, 5) is 11.9. The number of alkyl halides is 1. The van der Waals surface area contributed by atoms with E-state index in [0.717, 1.165) is 12.8 Å². The molecular weight excluding hydrogens is 318 g/mol. The lowest BCUT2D eigenvalue weighted by Crippen LogP contribution is -2.30. The van der Waals surface area contributed by atoms with Crippen LogP contribution in [0.4, 0.5) is 0 Å². The van der Waals surface area contributed by atoms with Crippen LogP contribution in [0.25, 0.3) is 0 Å². The Labute approximate surface area is 121 Å². The van der Waals surface area contributed by atoms with Gasteiger partial charge in [-0.3, -0.25) is 4.79 Å². The zero-order valence-corrected chi connectivity index (χ0v) is 12.6. The van der Waals surface area contributed by atoms with Crippen LogP contribution in [0.15, 0.2) is 24.3 Å². The maximum atomic E-state index is 11.5. The molecule has 0 heterocycles. The molecule has 1 N–H and O–H groups in total. The van der Waals surface area contributed by atoms with Crippen molar-refractivity contribution in [3.63, 3.8) is 0 Å². The van der Waals surface area contributed by atoms with Crippen molar-refractivity contribution in [2.45, 2.75) is 24.6 Å². The van der Waals surface area contributed by atoms with E-state index in [1.54, 1.807) is 24.3 Å². The van der Waals surface area contributed by atoms with Gasteiger partial charge in [0.25, 0.3) is 5.91 Å². The highest BCUT2D eigenvalue weighted by Crippen LogP contribution is 2.16. The second-order valence-electron chi connectivity index (χ2n) is 3.89. The number of hydrogen-bond donors (Lipinski definition) is 1. The third-order valence-corrected chi connectivity index (χ3v) is 3.73. The first kappa shape index (κ1) is 15.3. The van der Waals surface area contributed by atoms with Gasteiger partial charge >= 0.3 is 0 Å². The quantitative estimate of drug-likeness (QED) is 0.776. The van der Waals surface area contributed by atoms with Crippen molar-refractivity contribution < 1.29 is 9.53 Å². The van der Waals surface area contributed by atoms with E-state index in [9.17, 15) is 4.79 Å². The highest BCUT2D eigenvalue weighted by atomic mass is 79.9. The van der Waals surface area contributed by atoms with Crippen LogP contribution in [-0.2, 0) is 4.79 Å². The summed E-state index contributed by atoms with van der Waals surface area (Å²) < 4.78 is 5.32. The summed E-state index contributed by atoms with van der Waals surface area (Å²) in [6.45, 7) is 2.77. The van der Waals surface area contributed by atoms with Gasteiger partial charge in [0.15, 0.2) is 6.61 Å². The average molecular weight is 335 g/mol. The Balaban J connectivity index is 2.21. The molecule has 1 amide bonds. The number of carbonyl (C=O) groups excluding carboxylic acids is 1. The van der Waals surface area contributed by atoms with Gasteiger partial charge in [-0.15, -0.1) is 0 Å². The summed E-state index contributed by atoms with van der Waals surface area (Å²) in [5.41, 5.74) is 0. The van der Waals surface area contributed by atoms with Crippen LogP contribution < -0.4 is 10.1 Å². The van der Waals surface area contributed by atoms with E-state index in [-0.39, 0.29) is 12.5 Å². The van der Waals surface area contributed by atoms with Crippen molar-refractivity contribution in [2.75, 3.05) is 13.2 Å². The standard InChI is InChI=1S/C13H17BrClNO2/c1-2-10(14)6-7-16-13(17)9-18-12-5-3-4-11(15)8-12/h3-5,8,10H,2,6-7,9H2,1H3,(H,16,17). The molecule has 3 nitrogen and oxygen atoms in total. The highest BCUT2D eigenvalue weighted by molar-refractivity contribution is 9.09. The van der Waals surface area contributed by atoms with E-state index in [2.05, 4.69) is 28.2 Å². The first-order valence-corrected chi connectivity index (χ1v) is 7.20. The van der Waals surface area contributed by atoms with Gasteiger partial charge in [0.2, 0.25) is 0 Å². The molecule has 0 saturated heterocycles. The first-order valence-electron chi connectivity index (χ1n) is 5.91. The summed E-state index contributed by atoms with van der Waals surface area (Å²) in [5.74, 6) is 0.482. The van der Waals surface area contributed by atoms with Gasteiger partial charge in [-0.1, -0.05) is 40.5 Å². The Hall–Kier alpha value is -0.740. The normalized spacial score (nSPS) is 11.9. The molecule has 0 aromatic heterocycles. The van der Waals surface area contributed by atoms with E-state index >= 15 is 0 Å². The molecule has 1 rings (SSSR count). The summed E-state index contributed by atoms with van der Waals surface area (Å²) >= 11 is 9.32. The van der Waals surface area contributed by atoms with Crippen LogP contribution in [0.1, 0.15) is 19.8 Å². The zero-order chi connectivity index (χ0) is 13.4. The number of nitrogens with one attached hydrogen (secondary N) is 1. The van der Waals surface area contributed by atoms with Gasteiger partial charge in [-0.25, -0.2) is 0 Å². The third-order valence-electron chi connectivity index (χ3n) is 2.39. The minimum atomic E-state index is -0.120. The second-order valence-corrected chi connectivity index (χ2v) is 5.62. The number of rotatable bonds is 7. The number of carbonyl (C=O) groups is 1. The van der Waals surface area contributed by atoms with Crippen LogP contribution in [0, 0.1) is 0 Å². The Morgan fingerprint density at radius 3 is 3.00 bits per heavy atom. The van der Waals surface area contributed by atoms with Gasteiger partial charge in [0, 0.05) is 16.4 Å². The molecule has 0 spiro atoms. The number of benzene rings is 1. The molecule has 0 aliphatic carbocycles. The lowest BCUT2D eigenvalue weighted by molar-refractivity contribution is -0.123. The SMILES string of the molecule is CCC(Br)CCNC(=O)COc1cccc(Cl)c1. The van der Waals surface area contributed by atoms with Crippen molar-refractivity contribution in [1.29, 1.82) is 0 Å². The Kier molecular flexibility index (Phi) is 7.13. The molecule has 0 bridgehead atoms. The van der Waals surface area contributed by atoms with Crippen LogP contribution in [-0.4, -0.2) is 23.9 Å². The summed E-state index contributed by atoms with van der Waals surface area (Å²) in [6, 6.07) is 6.99. The van der Waals surface area contributed by atoms with Gasteiger partial charge in [0.05, 0.1) is 0 Å². The van der Waals surface area contributed by atoms with Gasteiger partial charge < -0.3 is 10.1 Å². The van der Waals surface area contributed by atoms with Crippen molar-refractivity contribution in [3.05, 3.63) is 29.3 Å². The smallest absolute Gasteiger partial charge is 0.257 e. The van der Waals surface area contributed by atoms with Gasteiger partial charge in [0.1, 0.15) is 5.75 Å². The number of hydrogen-bond acceptors (Lipinski definition) is 2. The molecule has 1 atom stereocenters. The Bertz CT molecular complexity index is 387. The Morgan fingerprint density at radius 2 is 2.33 bits per heavy atom. The highest BCUT2D eigenvalue weighted by Gasteiger charge is 2.04. The second kappa shape index (κ2) is 8.38. The zero-order valence-electron chi connectivity index (χ0n) is 10.3. The summed E-state index contributed by atoms with van der Waals surface area (Å²) in [5, 5.41) is 3.40. The molecule has 100 valence electrons. The van der Waals surface area contributed by atoms with Crippen molar-refractivity contribution in [1.82, 2.24) is 5.32 Å². The van der Waals surface area contributed by atoms with Crippen LogP contribution in [0.5, 0.6) is 5.75 Å². The topological polar surface area (TPSA) is 38.3 Å². The van der Waals surface area contributed by atoms with E-state index in [4.69, 9.17) is 16.3 Å². The molecule has 0 fully saturated rings. The number of halogens is 2.